The van der Waals surface area contributed by atoms with Gasteiger partial charge in [-0.3, -0.25) is 0 Å². The van der Waals surface area contributed by atoms with Gasteiger partial charge < -0.3 is 5.32 Å². The van der Waals surface area contributed by atoms with E-state index in [1.807, 2.05) is 26.0 Å². The molecule has 0 rings (SSSR count). The van der Waals surface area contributed by atoms with Crippen molar-refractivity contribution in [3.63, 3.8) is 0 Å². The Balaban J connectivity index is 4.98. The molecular formula is C11H16BN. The maximum Gasteiger partial charge on any atom is 0.0780 e. The van der Waals surface area contributed by atoms with Crippen LogP contribution in [0.25, 0.3) is 0 Å². The van der Waals surface area contributed by atoms with Crippen molar-refractivity contribution in [1.29, 1.82) is 0 Å². The molecule has 0 saturated heterocycles. The van der Waals surface area contributed by atoms with Crippen LogP contribution in [0.1, 0.15) is 13.8 Å². The molecule has 1 N–H and O–H groups in total. The molecule has 2 heteroatoms. The van der Waals surface area contributed by atoms with E-state index in [1.165, 1.54) is 0 Å². The highest BCUT2D eigenvalue weighted by molar-refractivity contribution is 6.13. The van der Waals surface area contributed by atoms with Crippen molar-refractivity contribution < 1.29 is 0 Å². The van der Waals surface area contributed by atoms with Gasteiger partial charge in [-0.2, -0.15) is 0 Å². The van der Waals surface area contributed by atoms with Gasteiger partial charge in [0.25, 0.3) is 0 Å². The third-order valence-corrected chi connectivity index (χ3v) is 1.59. The van der Waals surface area contributed by atoms with Gasteiger partial charge >= 0.3 is 0 Å². The van der Waals surface area contributed by atoms with E-state index in [-0.39, 0.29) is 5.82 Å². The first-order valence-corrected chi connectivity index (χ1v) is 4.29. The third kappa shape index (κ3) is 3.84. The Morgan fingerprint density at radius 3 is 2.38 bits per heavy atom. The van der Waals surface area contributed by atoms with Gasteiger partial charge in [-0.15, -0.1) is 0 Å². The lowest BCUT2D eigenvalue weighted by Crippen LogP contribution is -2.11. The molecule has 0 aliphatic rings. The predicted molar refractivity (Wildman–Crippen MR) is 60.5 cm³/mol. The van der Waals surface area contributed by atoms with Crippen LogP contribution >= 0.6 is 0 Å². The first kappa shape index (κ1) is 11.8. The van der Waals surface area contributed by atoms with Crippen LogP contribution in [0, 0.1) is 0 Å². The highest BCUT2D eigenvalue weighted by Gasteiger charge is 2.03. The van der Waals surface area contributed by atoms with Crippen molar-refractivity contribution in [3.8, 4) is 0 Å². The average Bonchev–Trinajstić information content (AvgIpc) is 2.10. The molecule has 2 radical (unpaired) electrons. The molecule has 0 saturated carbocycles. The molecule has 0 aromatic carbocycles. The number of allylic oxidation sites excluding steroid dienone is 5. The van der Waals surface area contributed by atoms with Gasteiger partial charge in [0.15, 0.2) is 0 Å². The van der Waals surface area contributed by atoms with Crippen LogP contribution in [0.5, 0.6) is 0 Å². The second kappa shape index (κ2) is 6.35. The van der Waals surface area contributed by atoms with Crippen LogP contribution in [-0.4, -0.2) is 7.85 Å². The van der Waals surface area contributed by atoms with E-state index in [4.69, 9.17) is 7.85 Å². The summed E-state index contributed by atoms with van der Waals surface area (Å²) in [7, 11) is 5.78. The van der Waals surface area contributed by atoms with Crippen LogP contribution in [-0.2, 0) is 0 Å². The third-order valence-electron chi connectivity index (χ3n) is 1.59. The van der Waals surface area contributed by atoms with Crippen LogP contribution < -0.4 is 5.32 Å². The molecule has 0 heterocycles. The fourth-order valence-corrected chi connectivity index (χ4v) is 1.03. The van der Waals surface area contributed by atoms with Gasteiger partial charge in [-0.05, 0) is 24.5 Å². The summed E-state index contributed by atoms with van der Waals surface area (Å²) in [4.78, 5) is 0. The Morgan fingerprint density at radius 1 is 1.46 bits per heavy atom. The van der Waals surface area contributed by atoms with Crippen LogP contribution in [0.4, 0.5) is 0 Å². The molecule has 0 spiro atoms. The summed E-state index contributed by atoms with van der Waals surface area (Å²) in [5, 5.41) is 3.01. The lowest BCUT2D eigenvalue weighted by Gasteiger charge is -2.14. The minimum atomic E-state index is -0.0535. The zero-order valence-corrected chi connectivity index (χ0v) is 8.38. The van der Waals surface area contributed by atoms with Gasteiger partial charge in [0, 0.05) is 5.70 Å². The van der Waals surface area contributed by atoms with E-state index in [9.17, 15) is 0 Å². The minimum Gasteiger partial charge on any atom is -0.366 e. The predicted octanol–water partition coefficient (Wildman–Crippen LogP) is 2.71. The van der Waals surface area contributed by atoms with Crippen molar-refractivity contribution >= 4 is 7.85 Å². The molecule has 0 aliphatic heterocycles. The SMILES string of the molecule is [B]C(C)/C(NC=C)=C(C=C)/C=C\C. The Labute approximate surface area is 82.3 Å². The zero-order valence-electron chi connectivity index (χ0n) is 8.38. The Kier molecular flexibility index (Phi) is 5.78. The highest BCUT2D eigenvalue weighted by Crippen LogP contribution is 2.16. The van der Waals surface area contributed by atoms with Gasteiger partial charge in [0.1, 0.15) is 0 Å². The Morgan fingerprint density at radius 2 is 2.08 bits per heavy atom. The Hall–Kier alpha value is -1.18. The summed E-state index contributed by atoms with van der Waals surface area (Å²) >= 11 is 0. The molecule has 0 aromatic heterocycles. The second-order valence-corrected chi connectivity index (χ2v) is 2.71. The van der Waals surface area contributed by atoms with Crippen molar-refractivity contribution in [2.24, 2.45) is 0 Å². The molecule has 0 aromatic rings. The summed E-state index contributed by atoms with van der Waals surface area (Å²) in [5.41, 5.74) is 1.93. The lowest BCUT2D eigenvalue weighted by molar-refractivity contribution is 0.930. The van der Waals surface area contributed by atoms with Gasteiger partial charge in [0.2, 0.25) is 0 Å². The van der Waals surface area contributed by atoms with Crippen LogP contribution in [0.15, 0.2) is 48.9 Å². The molecule has 1 unspecified atom stereocenters. The highest BCUT2D eigenvalue weighted by atomic mass is 14.9. The van der Waals surface area contributed by atoms with Crippen molar-refractivity contribution in [2.75, 3.05) is 0 Å². The molecule has 1 atom stereocenters. The standard InChI is InChI=1S/C11H16BN/c1-5-8-10(6-2)11(9(4)12)13-7-3/h5-9,13H,2-3H2,1,4H3/b8-5-,11-10-. The quantitative estimate of drug-likeness (QED) is 0.497. The summed E-state index contributed by atoms with van der Waals surface area (Å²) in [6.45, 7) is 11.2. The topological polar surface area (TPSA) is 12.0 Å². The number of rotatable bonds is 5. The number of nitrogens with one attached hydrogen (secondary N) is 1. The number of hydrogen-bond acceptors (Lipinski definition) is 1. The fourth-order valence-electron chi connectivity index (χ4n) is 1.03. The van der Waals surface area contributed by atoms with Crippen LogP contribution in [0.3, 0.4) is 0 Å². The summed E-state index contributed by atoms with van der Waals surface area (Å²) in [6, 6.07) is 0. The van der Waals surface area contributed by atoms with Crippen molar-refractivity contribution in [2.45, 2.75) is 19.7 Å². The molecule has 13 heavy (non-hydrogen) atoms. The van der Waals surface area contributed by atoms with E-state index < -0.39 is 0 Å². The largest absolute Gasteiger partial charge is 0.366 e. The summed E-state index contributed by atoms with van der Waals surface area (Å²) < 4.78 is 0. The first-order valence-electron chi connectivity index (χ1n) is 4.29. The van der Waals surface area contributed by atoms with Crippen molar-refractivity contribution in [3.05, 3.63) is 48.9 Å². The number of hydrogen-bond donors (Lipinski definition) is 1. The summed E-state index contributed by atoms with van der Waals surface area (Å²) in [5.74, 6) is -0.0535. The molecular weight excluding hydrogens is 157 g/mol. The summed E-state index contributed by atoms with van der Waals surface area (Å²) in [6.07, 6.45) is 7.30. The van der Waals surface area contributed by atoms with Crippen molar-refractivity contribution in [1.82, 2.24) is 5.32 Å². The first-order chi connectivity index (χ1) is 6.17. The molecule has 68 valence electrons. The van der Waals surface area contributed by atoms with Gasteiger partial charge in [-0.1, -0.05) is 38.3 Å². The smallest absolute Gasteiger partial charge is 0.0780 e. The monoisotopic (exact) mass is 173 g/mol. The van der Waals surface area contributed by atoms with Crippen LogP contribution in [0.2, 0.25) is 5.82 Å². The zero-order chi connectivity index (χ0) is 10.3. The van der Waals surface area contributed by atoms with E-state index in [0.29, 0.717) is 0 Å². The molecule has 0 bridgehead atoms. The minimum absolute atomic E-state index is 0.0535. The van der Waals surface area contributed by atoms with E-state index >= 15 is 0 Å². The van der Waals surface area contributed by atoms with E-state index in [2.05, 4.69) is 18.5 Å². The molecule has 1 nitrogen and oxygen atoms in total. The molecule has 0 aliphatic carbocycles. The fraction of sp³-hybridized carbons (Fsp3) is 0.273. The maximum atomic E-state index is 5.78. The normalized spacial score (nSPS) is 14.9. The second-order valence-electron chi connectivity index (χ2n) is 2.71. The molecule has 0 amide bonds. The van der Waals surface area contributed by atoms with E-state index in [1.54, 1.807) is 12.3 Å². The lowest BCUT2D eigenvalue weighted by atomic mass is 9.84. The van der Waals surface area contributed by atoms with Gasteiger partial charge in [-0.25, -0.2) is 0 Å². The van der Waals surface area contributed by atoms with E-state index in [0.717, 1.165) is 11.3 Å². The maximum absolute atomic E-state index is 5.78. The average molecular weight is 173 g/mol. The van der Waals surface area contributed by atoms with Gasteiger partial charge in [0.05, 0.1) is 7.85 Å². The Bertz CT molecular complexity index is 236. The molecule has 0 fully saturated rings.